The van der Waals surface area contributed by atoms with Gasteiger partial charge >= 0.3 is 6.18 Å². The summed E-state index contributed by atoms with van der Waals surface area (Å²) in [7, 11) is 0. The fourth-order valence-corrected chi connectivity index (χ4v) is 1.74. The van der Waals surface area contributed by atoms with Crippen LogP contribution in [-0.4, -0.2) is 28.8 Å². The molecule has 0 N–H and O–H groups in total. The summed E-state index contributed by atoms with van der Waals surface area (Å²) in [5.41, 5.74) is -0.886. The molecule has 0 aliphatic carbocycles. The summed E-state index contributed by atoms with van der Waals surface area (Å²) >= 11 is 0. The van der Waals surface area contributed by atoms with Crippen molar-refractivity contribution in [3.63, 3.8) is 0 Å². The highest BCUT2D eigenvalue weighted by molar-refractivity contribution is 5.86. The van der Waals surface area contributed by atoms with Crippen LogP contribution in [-0.2, 0) is 11.0 Å². The summed E-state index contributed by atoms with van der Waals surface area (Å²) in [5.74, 6) is 0.226. The lowest BCUT2D eigenvalue weighted by molar-refractivity contribution is -0.138. The molecule has 1 atom stereocenters. The monoisotopic (exact) mass is 259 g/mol. The van der Waals surface area contributed by atoms with Gasteiger partial charge in [-0.05, 0) is 6.42 Å². The predicted molar refractivity (Wildman–Crippen MR) is 58.0 cm³/mol. The summed E-state index contributed by atoms with van der Waals surface area (Å²) in [5, 5.41) is 0. The number of hydrogen-bond donors (Lipinski definition) is 0. The topological polar surface area (TPSA) is 46.1 Å². The highest BCUT2D eigenvalue weighted by atomic mass is 19.4. The van der Waals surface area contributed by atoms with Crippen LogP contribution in [0, 0.1) is 5.92 Å². The van der Waals surface area contributed by atoms with Crippen molar-refractivity contribution in [1.29, 1.82) is 0 Å². The minimum absolute atomic E-state index is 0.00398. The number of nitrogens with zero attached hydrogens (tertiary/aromatic N) is 3. The average Bonchev–Trinajstić information content (AvgIpc) is 2.32. The van der Waals surface area contributed by atoms with Crippen molar-refractivity contribution < 1.29 is 18.0 Å². The van der Waals surface area contributed by atoms with Gasteiger partial charge < -0.3 is 4.90 Å². The van der Waals surface area contributed by atoms with E-state index in [-0.39, 0.29) is 24.2 Å². The zero-order valence-corrected chi connectivity index (χ0v) is 9.74. The molecule has 1 aromatic rings. The molecule has 2 rings (SSSR count). The minimum Gasteiger partial charge on any atom is -0.333 e. The van der Waals surface area contributed by atoms with Crippen LogP contribution in [0.3, 0.4) is 0 Å². The Bertz CT molecular complexity index is 444. The summed E-state index contributed by atoms with van der Waals surface area (Å²) in [6.45, 7) is 2.58. The molecule has 1 unspecified atom stereocenters. The predicted octanol–water partition coefficient (Wildman–Crippen LogP) is 1.91. The van der Waals surface area contributed by atoms with Crippen LogP contribution in [0.15, 0.2) is 12.4 Å². The fraction of sp³-hybridized carbons (Fsp3) is 0.545. The largest absolute Gasteiger partial charge is 0.419 e. The molecule has 2 heterocycles. The molecule has 1 saturated heterocycles. The number of carbonyl (C=O) groups is 1. The van der Waals surface area contributed by atoms with Gasteiger partial charge in [0.1, 0.15) is 0 Å². The quantitative estimate of drug-likeness (QED) is 0.773. The number of alkyl halides is 3. The van der Waals surface area contributed by atoms with E-state index in [0.29, 0.717) is 13.0 Å². The van der Waals surface area contributed by atoms with Gasteiger partial charge in [-0.1, -0.05) is 6.92 Å². The van der Waals surface area contributed by atoms with Crippen LogP contribution in [0.1, 0.15) is 18.9 Å². The second-order valence-electron chi connectivity index (χ2n) is 4.35. The van der Waals surface area contributed by atoms with Crippen molar-refractivity contribution in [2.45, 2.75) is 19.5 Å². The molecule has 4 nitrogen and oxygen atoms in total. The summed E-state index contributed by atoms with van der Waals surface area (Å²) in [4.78, 5) is 20.5. The Labute approximate surface area is 102 Å². The Morgan fingerprint density at radius 2 is 1.94 bits per heavy atom. The lowest BCUT2D eigenvalue weighted by Crippen LogP contribution is -2.40. The Balaban J connectivity index is 2.13. The van der Waals surface area contributed by atoms with Crippen molar-refractivity contribution in [3.05, 3.63) is 18.0 Å². The number of aromatic nitrogens is 2. The lowest BCUT2D eigenvalue weighted by Gasteiger charge is -2.29. The molecule has 0 amide bonds. The van der Waals surface area contributed by atoms with Crippen LogP contribution < -0.4 is 4.90 Å². The number of ketones is 1. The Hall–Kier alpha value is -1.66. The van der Waals surface area contributed by atoms with Crippen molar-refractivity contribution in [2.75, 3.05) is 18.0 Å². The molecule has 1 aliphatic heterocycles. The normalized spacial score (nSPS) is 21.2. The van der Waals surface area contributed by atoms with E-state index in [1.165, 1.54) is 0 Å². The summed E-state index contributed by atoms with van der Waals surface area (Å²) < 4.78 is 37.0. The van der Waals surface area contributed by atoms with E-state index in [0.717, 1.165) is 12.4 Å². The summed E-state index contributed by atoms with van der Waals surface area (Å²) in [6.07, 6.45) is -2.29. The van der Waals surface area contributed by atoms with E-state index >= 15 is 0 Å². The number of carbonyl (C=O) groups excluding carboxylic acids is 1. The number of Topliss-reactive ketones (excluding diaryl/α,β-unsaturated/α-hetero) is 1. The average molecular weight is 259 g/mol. The third-order valence-electron chi connectivity index (χ3n) is 2.98. The first-order chi connectivity index (χ1) is 8.38. The molecule has 1 fully saturated rings. The van der Waals surface area contributed by atoms with Crippen LogP contribution in [0.5, 0.6) is 0 Å². The Morgan fingerprint density at radius 3 is 2.44 bits per heavy atom. The highest BCUT2D eigenvalue weighted by Crippen LogP contribution is 2.28. The first kappa shape index (κ1) is 12.8. The lowest BCUT2D eigenvalue weighted by atomic mass is 9.98. The van der Waals surface area contributed by atoms with Crippen molar-refractivity contribution in [1.82, 2.24) is 9.97 Å². The van der Waals surface area contributed by atoms with Crippen LogP contribution in [0.4, 0.5) is 19.1 Å². The number of anilines is 1. The molecular formula is C11H12F3N3O. The zero-order valence-electron chi connectivity index (χ0n) is 9.74. The van der Waals surface area contributed by atoms with Gasteiger partial charge in [0.15, 0.2) is 5.78 Å². The molecule has 7 heteroatoms. The maximum absolute atomic E-state index is 12.3. The van der Waals surface area contributed by atoms with Crippen molar-refractivity contribution >= 4 is 11.7 Å². The van der Waals surface area contributed by atoms with Gasteiger partial charge in [0.2, 0.25) is 5.95 Å². The second-order valence-corrected chi connectivity index (χ2v) is 4.35. The molecule has 98 valence electrons. The molecule has 0 saturated carbocycles. The standard InChI is InChI=1S/C11H12F3N3O/c1-7-2-3-17(6-9(7)18)10-15-4-8(5-16-10)11(12,13)14/h4-5,7H,2-3,6H2,1H3. The molecule has 18 heavy (non-hydrogen) atoms. The van der Waals surface area contributed by atoms with Crippen LogP contribution >= 0.6 is 0 Å². The molecule has 1 aliphatic rings. The first-order valence-corrected chi connectivity index (χ1v) is 5.55. The van der Waals surface area contributed by atoms with Crippen molar-refractivity contribution in [2.24, 2.45) is 5.92 Å². The van der Waals surface area contributed by atoms with Gasteiger partial charge in [0.25, 0.3) is 0 Å². The molecule has 0 bridgehead atoms. The highest BCUT2D eigenvalue weighted by Gasteiger charge is 2.32. The van der Waals surface area contributed by atoms with E-state index in [1.807, 2.05) is 6.92 Å². The zero-order chi connectivity index (χ0) is 13.3. The van der Waals surface area contributed by atoms with Gasteiger partial charge in [0, 0.05) is 24.9 Å². The van der Waals surface area contributed by atoms with Gasteiger partial charge in [-0.15, -0.1) is 0 Å². The van der Waals surface area contributed by atoms with Gasteiger partial charge in [-0.25, -0.2) is 9.97 Å². The van der Waals surface area contributed by atoms with E-state index in [2.05, 4.69) is 9.97 Å². The molecule has 0 spiro atoms. The third-order valence-corrected chi connectivity index (χ3v) is 2.98. The number of hydrogen-bond acceptors (Lipinski definition) is 4. The van der Waals surface area contributed by atoms with Crippen LogP contribution in [0.25, 0.3) is 0 Å². The smallest absolute Gasteiger partial charge is 0.333 e. The molecule has 1 aromatic heterocycles. The maximum atomic E-state index is 12.3. The van der Waals surface area contributed by atoms with Gasteiger partial charge in [-0.2, -0.15) is 13.2 Å². The number of piperidine rings is 1. The van der Waals surface area contributed by atoms with E-state index in [9.17, 15) is 18.0 Å². The van der Waals surface area contributed by atoms with Gasteiger partial charge in [0.05, 0.1) is 12.1 Å². The van der Waals surface area contributed by atoms with Crippen LogP contribution in [0.2, 0.25) is 0 Å². The Kier molecular flexibility index (Phi) is 3.23. The maximum Gasteiger partial charge on any atom is 0.419 e. The SMILES string of the molecule is CC1CCN(c2ncc(C(F)(F)F)cn2)CC1=O. The molecule has 0 aromatic carbocycles. The van der Waals surface area contributed by atoms with E-state index < -0.39 is 11.7 Å². The minimum atomic E-state index is -4.44. The number of halogens is 3. The van der Waals surface area contributed by atoms with Crippen molar-refractivity contribution in [3.8, 4) is 0 Å². The van der Waals surface area contributed by atoms with E-state index in [1.54, 1.807) is 4.90 Å². The summed E-state index contributed by atoms with van der Waals surface area (Å²) in [6, 6.07) is 0. The fourth-order valence-electron chi connectivity index (χ4n) is 1.74. The Morgan fingerprint density at radius 1 is 1.33 bits per heavy atom. The second kappa shape index (κ2) is 4.55. The van der Waals surface area contributed by atoms with Gasteiger partial charge in [-0.3, -0.25) is 4.79 Å². The third kappa shape index (κ3) is 2.60. The first-order valence-electron chi connectivity index (χ1n) is 5.55. The number of rotatable bonds is 1. The van der Waals surface area contributed by atoms with E-state index in [4.69, 9.17) is 0 Å². The molecular weight excluding hydrogens is 247 g/mol. The molecule has 0 radical (unpaired) electrons.